The zero-order valence-electron chi connectivity index (χ0n) is 9.53. The van der Waals surface area contributed by atoms with E-state index >= 15 is 0 Å². The van der Waals surface area contributed by atoms with Crippen molar-refractivity contribution in [2.24, 2.45) is 0 Å². The summed E-state index contributed by atoms with van der Waals surface area (Å²) in [6.07, 6.45) is -3.82. The molecule has 1 aliphatic heterocycles. The molecule has 0 saturated carbocycles. The minimum absolute atomic E-state index is 0.449. The summed E-state index contributed by atoms with van der Waals surface area (Å²) in [5.74, 6) is 1.22. The van der Waals surface area contributed by atoms with E-state index in [2.05, 4.69) is 5.32 Å². The molecule has 0 aliphatic carbocycles. The summed E-state index contributed by atoms with van der Waals surface area (Å²) in [6.45, 7) is 0.712. The van der Waals surface area contributed by atoms with Gasteiger partial charge in [0.25, 0.3) is 0 Å². The van der Waals surface area contributed by atoms with Crippen LogP contribution in [0.1, 0.15) is 6.92 Å². The molecule has 0 radical (unpaired) electrons. The number of aliphatic hydroxyl groups is 4. The summed E-state index contributed by atoms with van der Waals surface area (Å²) in [5, 5.41) is 41.0. The topological polar surface area (TPSA) is 119 Å². The summed E-state index contributed by atoms with van der Waals surface area (Å²) in [4.78, 5) is 11.0. The average molecular weight is 314 g/mol. The quantitative estimate of drug-likeness (QED) is 0.354. The first kappa shape index (κ1) is 14.8. The predicted octanol–water partition coefficient (Wildman–Crippen LogP) is -3.00. The Morgan fingerprint density at radius 3 is 2.47 bits per heavy atom. The normalized spacial score (nSPS) is 42.2. The van der Waals surface area contributed by atoms with E-state index in [0.29, 0.717) is 0 Å². The summed E-state index contributed by atoms with van der Waals surface area (Å²) < 4.78 is 3.43. The third kappa shape index (κ3) is 2.97. The van der Waals surface area contributed by atoms with Crippen LogP contribution in [0.15, 0.2) is 0 Å². The summed E-state index contributed by atoms with van der Waals surface area (Å²) >= 11 is -0.478. The Morgan fingerprint density at radius 2 is 2.06 bits per heavy atom. The molecule has 1 saturated heterocycles. The third-order valence-electron chi connectivity index (χ3n) is 2.62. The van der Waals surface area contributed by atoms with Crippen LogP contribution in [0.5, 0.6) is 0 Å². The maximum absolute atomic E-state index is 11.0. The monoisotopic (exact) mass is 315 g/mol. The van der Waals surface area contributed by atoms with E-state index in [1.54, 1.807) is 5.82 Å². The molecular formula is C9H17NO6Se. The molecular weight excluding hydrogens is 297 g/mol. The Kier molecular flexibility index (Phi) is 4.91. The Balaban J connectivity index is 2.95. The number of carbonyl (C=O) groups excluding carboxylic acids is 1. The molecule has 1 rings (SSSR count). The van der Waals surface area contributed by atoms with Gasteiger partial charge in [-0.1, -0.05) is 0 Å². The van der Waals surface area contributed by atoms with Crippen molar-refractivity contribution in [1.82, 2.24) is 5.32 Å². The first-order chi connectivity index (χ1) is 7.85. The molecule has 1 amide bonds. The van der Waals surface area contributed by atoms with Gasteiger partial charge in [-0.05, 0) is 0 Å². The Hall–Kier alpha value is -0.211. The standard InChI is InChI=1S/C9H17NO6Se/c1-4(12)10-8-7(14)6(13)5(3-11)16-9(8,15)17-2/h5-8,11,13-15H,3H2,1-2H3,(H,10,12)/t5-,6+,7+,8-,9?/m1/s1. The van der Waals surface area contributed by atoms with Crippen molar-refractivity contribution in [2.75, 3.05) is 6.61 Å². The molecule has 1 fully saturated rings. The summed E-state index contributed by atoms with van der Waals surface area (Å²) in [6, 6.07) is -1.11. The second-order valence-electron chi connectivity index (χ2n) is 3.83. The van der Waals surface area contributed by atoms with Crippen molar-refractivity contribution in [3.05, 3.63) is 0 Å². The van der Waals surface area contributed by atoms with E-state index < -0.39 is 56.5 Å². The fraction of sp³-hybridized carbons (Fsp3) is 0.889. The molecule has 0 bridgehead atoms. The molecule has 8 heteroatoms. The number of rotatable bonds is 3. The SMILES string of the molecule is C[Se]C1(O)O[C@H](CO)[C@H](O)[C@H](O)[C@H]1NC(C)=O. The van der Waals surface area contributed by atoms with Crippen molar-refractivity contribution >= 4 is 20.9 Å². The van der Waals surface area contributed by atoms with E-state index in [9.17, 15) is 20.1 Å². The van der Waals surface area contributed by atoms with Crippen molar-refractivity contribution < 1.29 is 30.0 Å². The van der Waals surface area contributed by atoms with Gasteiger partial charge >= 0.3 is 105 Å². The van der Waals surface area contributed by atoms with Gasteiger partial charge in [-0.2, -0.15) is 0 Å². The number of amides is 1. The number of ether oxygens (including phenoxy) is 1. The fourth-order valence-electron chi connectivity index (χ4n) is 1.71. The number of nitrogens with one attached hydrogen (secondary N) is 1. The first-order valence-corrected chi connectivity index (χ1v) is 7.62. The molecule has 1 aliphatic rings. The Morgan fingerprint density at radius 1 is 1.47 bits per heavy atom. The van der Waals surface area contributed by atoms with Gasteiger partial charge in [0, 0.05) is 0 Å². The van der Waals surface area contributed by atoms with E-state index in [-0.39, 0.29) is 0 Å². The van der Waals surface area contributed by atoms with Gasteiger partial charge in [0.15, 0.2) is 0 Å². The molecule has 7 nitrogen and oxygen atoms in total. The molecule has 1 unspecified atom stereocenters. The third-order valence-corrected chi connectivity index (χ3v) is 4.58. The van der Waals surface area contributed by atoms with E-state index in [1.807, 2.05) is 0 Å². The van der Waals surface area contributed by atoms with Gasteiger partial charge in [-0.25, -0.2) is 0 Å². The number of hydrogen-bond donors (Lipinski definition) is 5. The van der Waals surface area contributed by atoms with Gasteiger partial charge in [-0.15, -0.1) is 0 Å². The van der Waals surface area contributed by atoms with Crippen molar-refractivity contribution in [3.8, 4) is 0 Å². The number of aliphatic hydroxyl groups excluding tert-OH is 3. The van der Waals surface area contributed by atoms with Crippen LogP contribution in [0.25, 0.3) is 0 Å². The van der Waals surface area contributed by atoms with Crippen LogP contribution in [-0.2, 0) is 9.53 Å². The zero-order valence-corrected chi connectivity index (χ0v) is 11.2. The van der Waals surface area contributed by atoms with Crippen LogP contribution in [0.3, 0.4) is 0 Å². The van der Waals surface area contributed by atoms with Gasteiger partial charge in [-0.3, -0.25) is 0 Å². The fourth-order valence-corrected chi connectivity index (χ4v) is 3.12. The molecule has 17 heavy (non-hydrogen) atoms. The van der Waals surface area contributed by atoms with Crippen molar-refractivity contribution in [1.29, 1.82) is 0 Å². The zero-order chi connectivity index (χ0) is 13.2. The summed E-state index contributed by atoms with van der Waals surface area (Å²) in [5.41, 5.74) is 0. The van der Waals surface area contributed by atoms with Crippen LogP contribution in [0, 0.1) is 0 Å². The Bertz CT molecular complexity index is 291. The van der Waals surface area contributed by atoms with Crippen LogP contribution in [0.4, 0.5) is 0 Å². The Labute approximate surface area is 105 Å². The molecule has 0 aromatic rings. The van der Waals surface area contributed by atoms with Crippen LogP contribution in [-0.4, -0.2) is 76.9 Å². The van der Waals surface area contributed by atoms with E-state index in [1.165, 1.54) is 6.92 Å². The molecule has 1 heterocycles. The van der Waals surface area contributed by atoms with Gasteiger partial charge < -0.3 is 0 Å². The van der Waals surface area contributed by atoms with E-state index in [0.717, 1.165) is 0 Å². The average Bonchev–Trinajstić information content (AvgIpc) is 2.29. The van der Waals surface area contributed by atoms with E-state index in [4.69, 9.17) is 9.84 Å². The molecule has 5 N–H and O–H groups in total. The second-order valence-corrected chi connectivity index (χ2v) is 5.92. The number of hydrogen-bond acceptors (Lipinski definition) is 6. The molecule has 0 aromatic carbocycles. The molecule has 0 spiro atoms. The maximum atomic E-state index is 11.0. The van der Waals surface area contributed by atoms with Crippen LogP contribution >= 0.6 is 0 Å². The first-order valence-electron chi connectivity index (χ1n) is 5.05. The van der Waals surface area contributed by atoms with Gasteiger partial charge in [0.05, 0.1) is 0 Å². The number of carbonyl (C=O) groups is 1. The van der Waals surface area contributed by atoms with Crippen LogP contribution in [0.2, 0.25) is 5.82 Å². The summed E-state index contributed by atoms with van der Waals surface area (Å²) in [7, 11) is 0. The second kappa shape index (κ2) is 5.62. The molecule has 5 atom stereocenters. The van der Waals surface area contributed by atoms with Gasteiger partial charge in [0.2, 0.25) is 0 Å². The van der Waals surface area contributed by atoms with Crippen LogP contribution < -0.4 is 5.32 Å². The minimum atomic E-state index is -1.75. The van der Waals surface area contributed by atoms with Crippen molar-refractivity contribution in [2.45, 2.75) is 41.8 Å². The predicted molar refractivity (Wildman–Crippen MR) is 58.1 cm³/mol. The van der Waals surface area contributed by atoms with Crippen molar-refractivity contribution in [3.63, 3.8) is 0 Å². The molecule has 0 aromatic heterocycles. The van der Waals surface area contributed by atoms with Gasteiger partial charge in [0.1, 0.15) is 0 Å². The molecule has 100 valence electrons.